The van der Waals surface area contributed by atoms with E-state index in [4.69, 9.17) is 0 Å². The lowest BCUT2D eigenvalue weighted by molar-refractivity contribution is 0.0951. The Morgan fingerprint density at radius 2 is 1.57 bits per heavy atom. The zero-order valence-electron chi connectivity index (χ0n) is 16.2. The first-order valence-electron chi connectivity index (χ1n) is 9.11. The summed E-state index contributed by atoms with van der Waals surface area (Å²) in [6.07, 6.45) is 1.47. The molecule has 2 N–H and O–H groups in total. The van der Waals surface area contributed by atoms with Crippen molar-refractivity contribution >= 4 is 17.5 Å². The Bertz CT molecular complexity index is 1010. The van der Waals surface area contributed by atoms with Crippen molar-refractivity contribution in [1.29, 1.82) is 0 Å². The van der Waals surface area contributed by atoms with Gasteiger partial charge >= 0.3 is 0 Å². The molecule has 0 saturated carbocycles. The van der Waals surface area contributed by atoms with E-state index in [2.05, 4.69) is 15.6 Å². The number of aromatic nitrogens is 1. The van der Waals surface area contributed by atoms with Gasteiger partial charge in [0.05, 0.1) is 0 Å². The van der Waals surface area contributed by atoms with E-state index in [1.54, 1.807) is 6.07 Å². The first-order valence-corrected chi connectivity index (χ1v) is 9.11. The summed E-state index contributed by atoms with van der Waals surface area (Å²) in [5.41, 5.74) is 5.53. The molecular weight excluding hydrogens is 350 g/mol. The number of amides is 2. The summed E-state index contributed by atoms with van der Waals surface area (Å²) in [6.45, 7) is 6.33. The Morgan fingerprint density at radius 1 is 0.857 bits per heavy atom. The molecule has 0 unspecified atom stereocenters. The third kappa shape index (κ3) is 4.82. The lowest BCUT2D eigenvalue weighted by atomic mass is 10.1. The highest BCUT2D eigenvalue weighted by atomic mass is 16.2. The topological polar surface area (TPSA) is 71.1 Å². The molecular formula is C23H23N3O2. The van der Waals surface area contributed by atoms with Crippen LogP contribution in [0.15, 0.2) is 60.8 Å². The van der Waals surface area contributed by atoms with Gasteiger partial charge in [0.25, 0.3) is 11.8 Å². The van der Waals surface area contributed by atoms with Crippen LogP contribution in [-0.2, 0) is 6.54 Å². The van der Waals surface area contributed by atoms with Crippen molar-refractivity contribution in [1.82, 2.24) is 10.3 Å². The van der Waals surface area contributed by atoms with Gasteiger partial charge < -0.3 is 10.6 Å². The van der Waals surface area contributed by atoms with Crippen LogP contribution in [0.2, 0.25) is 0 Å². The number of hydrogen-bond donors (Lipinski definition) is 2. The van der Waals surface area contributed by atoms with E-state index < -0.39 is 0 Å². The summed E-state index contributed by atoms with van der Waals surface area (Å²) < 4.78 is 0. The second kappa shape index (κ2) is 8.48. The monoisotopic (exact) mass is 373 g/mol. The molecule has 0 spiro atoms. The number of nitrogens with one attached hydrogen (secondary N) is 2. The molecule has 3 aromatic rings. The van der Waals surface area contributed by atoms with E-state index in [-0.39, 0.29) is 17.5 Å². The normalized spacial score (nSPS) is 10.4. The Hall–Kier alpha value is -3.47. The first kappa shape index (κ1) is 19.3. The molecule has 0 aliphatic heterocycles. The lowest BCUT2D eigenvalue weighted by Crippen LogP contribution is -2.23. The molecule has 2 amide bonds. The quantitative estimate of drug-likeness (QED) is 0.704. The number of carbonyl (C=O) groups excluding carboxylic acids is 2. The predicted octanol–water partition coefficient (Wildman–Crippen LogP) is 4.19. The highest BCUT2D eigenvalue weighted by molar-refractivity contribution is 6.05. The number of nitrogens with zero attached hydrogens (tertiary/aromatic N) is 1. The van der Waals surface area contributed by atoms with E-state index in [1.807, 2.05) is 63.2 Å². The van der Waals surface area contributed by atoms with Gasteiger partial charge in [-0.2, -0.15) is 0 Å². The SMILES string of the molecule is Cc1ccc(CNC(=O)c2ccnc(C(=O)Nc3cc(C)ccc3C)c2)cc1. The Labute approximate surface area is 164 Å². The molecule has 0 atom stereocenters. The number of pyridine rings is 1. The van der Waals surface area contributed by atoms with Crippen molar-refractivity contribution < 1.29 is 9.59 Å². The number of rotatable bonds is 5. The van der Waals surface area contributed by atoms with Crippen molar-refractivity contribution in [3.63, 3.8) is 0 Å². The second-order valence-electron chi connectivity index (χ2n) is 6.87. The van der Waals surface area contributed by atoms with Gasteiger partial charge in [0, 0.05) is 24.0 Å². The van der Waals surface area contributed by atoms with Crippen LogP contribution >= 0.6 is 0 Å². The van der Waals surface area contributed by atoms with Gasteiger partial charge in [0.2, 0.25) is 0 Å². The van der Waals surface area contributed by atoms with Gasteiger partial charge in [-0.15, -0.1) is 0 Å². The minimum atomic E-state index is -0.345. The molecule has 142 valence electrons. The minimum absolute atomic E-state index is 0.198. The van der Waals surface area contributed by atoms with Gasteiger partial charge in [0.15, 0.2) is 0 Å². The van der Waals surface area contributed by atoms with Crippen molar-refractivity contribution in [3.05, 3.63) is 94.3 Å². The lowest BCUT2D eigenvalue weighted by Gasteiger charge is -2.10. The van der Waals surface area contributed by atoms with Crippen LogP contribution in [0.4, 0.5) is 5.69 Å². The summed E-state index contributed by atoms with van der Waals surface area (Å²) >= 11 is 0. The molecule has 1 aromatic heterocycles. The average Bonchev–Trinajstić information content (AvgIpc) is 2.70. The van der Waals surface area contributed by atoms with Crippen LogP contribution in [0, 0.1) is 20.8 Å². The minimum Gasteiger partial charge on any atom is -0.348 e. The van der Waals surface area contributed by atoms with Crippen LogP contribution in [0.1, 0.15) is 43.1 Å². The number of carbonyl (C=O) groups is 2. The van der Waals surface area contributed by atoms with E-state index >= 15 is 0 Å². The van der Waals surface area contributed by atoms with Crippen LogP contribution < -0.4 is 10.6 Å². The van der Waals surface area contributed by atoms with Gasteiger partial charge in [-0.3, -0.25) is 14.6 Å². The highest BCUT2D eigenvalue weighted by Crippen LogP contribution is 2.17. The van der Waals surface area contributed by atoms with Crippen LogP contribution in [0.5, 0.6) is 0 Å². The van der Waals surface area contributed by atoms with Crippen LogP contribution in [0.3, 0.4) is 0 Å². The van der Waals surface area contributed by atoms with Gasteiger partial charge in [0.1, 0.15) is 5.69 Å². The van der Waals surface area contributed by atoms with Crippen molar-refractivity contribution in [2.75, 3.05) is 5.32 Å². The number of hydrogen-bond acceptors (Lipinski definition) is 3. The van der Waals surface area contributed by atoms with E-state index in [9.17, 15) is 9.59 Å². The van der Waals surface area contributed by atoms with Gasteiger partial charge in [-0.05, 0) is 55.7 Å². The first-order chi connectivity index (χ1) is 13.4. The van der Waals surface area contributed by atoms with E-state index in [1.165, 1.54) is 17.8 Å². The molecule has 5 heteroatoms. The largest absolute Gasteiger partial charge is 0.348 e. The van der Waals surface area contributed by atoms with Gasteiger partial charge in [-0.1, -0.05) is 42.0 Å². The maximum Gasteiger partial charge on any atom is 0.274 e. The Kier molecular flexibility index (Phi) is 5.84. The van der Waals surface area contributed by atoms with Crippen molar-refractivity contribution in [2.45, 2.75) is 27.3 Å². The molecule has 5 nitrogen and oxygen atoms in total. The fourth-order valence-electron chi connectivity index (χ4n) is 2.74. The van der Waals surface area contributed by atoms with Crippen LogP contribution in [-0.4, -0.2) is 16.8 Å². The molecule has 0 aliphatic rings. The van der Waals surface area contributed by atoms with Crippen molar-refractivity contribution in [3.8, 4) is 0 Å². The Balaban J connectivity index is 1.68. The molecule has 0 bridgehead atoms. The molecule has 28 heavy (non-hydrogen) atoms. The number of anilines is 1. The third-order valence-corrected chi connectivity index (χ3v) is 4.47. The summed E-state index contributed by atoms with van der Waals surface area (Å²) in [5, 5.41) is 5.73. The summed E-state index contributed by atoms with van der Waals surface area (Å²) in [5.74, 6) is -0.592. The van der Waals surface area contributed by atoms with Crippen molar-refractivity contribution in [2.24, 2.45) is 0 Å². The smallest absolute Gasteiger partial charge is 0.274 e. The molecule has 3 rings (SSSR count). The fraction of sp³-hybridized carbons (Fsp3) is 0.174. The standard InChI is InChI=1S/C23H23N3O2/c1-15-5-8-18(9-6-15)14-25-22(27)19-10-11-24-21(13-19)23(28)26-20-12-16(2)4-7-17(20)3/h4-13H,14H2,1-3H3,(H,25,27)(H,26,28). The molecule has 0 fully saturated rings. The maximum absolute atomic E-state index is 12.6. The summed E-state index contributed by atoms with van der Waals surface area (Å²) in [6, 6.07) is 16.9. The zero-order valence-corrected chi connectivity index (χ0v) is 16.2. The predicted molar refractivity (Wildman–Crippen MR) is 110 cm³/mol. The zero-order chi connectivity index (χ0) is 20.1. The van der Waals surface area contributed by atoms with Crippen LogP contribution in [0.25, 0.3) is 0 Å². The molecule has 0 saturated heterocycles. The Morgan fingerprint density at radius 3 is 2.32 bits per heavy atom. The van der Waals surface area contributed by atoms with E-state index in [0.717, 1.165) is 22.4 Å². The molecule has 0 aliphatic carbocycles. The maximum atomic E-state index is 12.6. The number of aryl methyl sites for hydroxylation is 3. The average molecular weight is 373 g/mol. The molecule has 2 aromatic carbocycles. The second-order valence-corrected chi connectivity index (χ2v) is 6.87. The van der Waals surface area contributed by atoms with Gasteiger partial charge in [-0.25, -0.2) is 0 Å². The number of benzene rings is 2. The molecule has 0 radical (unpaired) electrons. The van der Waals surface area contributed by atoms with E-state index in [0.29, 0.717) is 12.1 Å². The summed E-state index contributed by atoms with van der Waals surface area (Å²) in [7, 11) is 0. The fourth-order valence-corrected chi connectivity index (χ4v) is 2.74. The highest BCUT2D eigenvalue weighted by Gasteiger charge is 2.13. The third-order valence-electron chi connectivity index (χ3n) is 4.47. The molecule has 1 heterocycles. The summed E-state index contributed by atoms with van der Waals surface area (Å²) in [4.78, 5) is 29.1.